The SMILES string of the molecule is CCOC(=O)C1CNCCN1C(C)C(=O)N1CCOCC1. The van der Waals surface area contributed by atoms with Crippen molar-refractivity contribution < 1.29 is 19.1 Å². The molecule has 2 aliphatic rings. The number of amides is 1. The van der Waals surface area contributed by atoms with E-state index in [-0.39, 0.29) is 17.9 Å². The monoisotopic (exact) mass is 299 g/mol. The number of rotatable bonds is 4. The average molecular weight is 299 g/mol. The van der Waals surface area contributed by atoms with Gasteiger partial charge in [-0.25, -0.2) is 0 Å². The van der Waals surface area contributed by atoms with Crippen molar-refractivity contribution in [1.29, 1.82) is 0 Å². The number of hydrogen-bond acceptors (Lipinski definition) is 6. The minimum atomic E-state index is -0.390. The first-order chi connectivity index (χ1) is 10.1. The summed E-state index contributed by atoms with van der Waals surface area (Å²) in [7, 11) is 0. The number of hydrogen-bond donors (Lipinski definition) is 1. The molecule has 0 radical (unpaired) electrons. The summed E-state index contributed by atoms with van der Waals surface area (Å²) < 4.78 is 10.4. The number of esters is 1. The van der Waals surface area contributed by atoms with Crippen LogP contribution in [0.25, 0.3) is 0 Å². The Bertz CT molecular complexity index is 371. The van der Waals surface area contributed by atoms with E-state index in [2.05, 4.69) is 5.32 Å². The standard InChI is InChI=1S/C14H25N3O4/c1-3-21-14(19)12-10-15-4-5-17(12)11(2)13(18)16-6-8-20-9-7-16/h11-12,15H,3-10H2,1-2H3. The van der Waals surface area contributed by atoms with Gasteiger partial charge in [-0.3, -0.25) is 14.5 Å². The summed E-state index contributed by atoms with van der Waals surface area (Å²) in [5.41, 5.74) is 0. The molecule has 1 N–H and O–H groups in total. The minimum Gasteiger partial charge on any atom is -0.465 e. The van der Waals surface area contributed by atoms with Gasteiger partial charge >= 0.3 is 5.97 Å². The van der Waals surface area contributed by atoms with Crippen molar-refractivity contribution in [2.75, 3.05) is 52.5 Å². The van der Waals surface area contributed by atoms with Crippen LogP contribution in [-0.2, 0) is 19.1 Å². The number of ether oxygens (including phenoxy) is 2. The molecule has 0 bridgehead atoms. The van der Waals surface area contributed by atoms with Gasteiger partial charge in [-0.1, -0.05) is 0 Å². The van der Waals surface area contributed by atoms with Crippen LogP contribution in [0.1, 0.15) is 13.8 Å². The van der Waals surface area contributed by atoms with Gasteiger partial charge < -0.3 is 19.7 Å². The van der Waals surface area contributed by atoms with Crippen molar-refractivity contribution in [2.45, 2.75) is 25.9 Å². The number of carbonyl (C=O) groups is 2. The fourth-order valence-corrected chi connectivity index (χ4v) is 2.83. The molecule has 0 aromatic heterocycles. The number of nitrogens with one attached hydrogen (secondary N) is 1. The Morgan fingerprint density at radius 1 is 1.33 bits per heavy atom. The molecule has 2 heterocycles. The number of morpholine rings is 1. The van der Waals surface area contributed by atoms with Crippen molar-refractivity contribution in [2.24, 2.45) is 0 Å². The highest BCUT2D eigenvalue weighted by Gasteiger charge is 2.37. The Morgan fingerprint density at radius 3 is 2.71 bits per heavy atom. The molecule has 120 valence electrons. The zero-order chi connectivity index (χ0) is 15.2. The molecule has 0 aromatic carbocycles. The van der Waals surface area contributed by atoms with Gasteiger partial charge in [0, 0.05) is 32.7 Å². The Balaban J connectivity index is 2.01. The normalized spacial score (nSPS) is 25.4. The highest BCUT2D eigenvalue weighted by atomic mass is 16.5. The van der Waals surface area contributed by atoms with Crippen LogP contribution in [0.2, 0.25) is 0 Å². The van der Waals surface area contributed by atoms with Crippen LogP contribution >= 0.6 is 0 Å². The van der Waals surface area contributed by atoms with E-state index in [0.717, 1.165) is 6.54 Å². The summed E-state index contributed by atoms with van der Waals surface area (Å²) >= 11 is 0. The minimum absolute atomic E-state index is 0.0644. The van der Waals surface area contributed by atoms with Crippen molar-refractivity contribution >= 4 is 11.9 Å². The predicted octanol–water partition coefficient (Wildman–Crippen LogP) is -0.929. The lowest BCUT2D eigenvalue weighted by Crippen LogP contribution is -2.62. The quantitative estimate of drug-likeness (QED) is 0.676. The van der Waals surface area contributed by atoms with E-state index < -0.39 is 6.04 Å². The van der Waals surface area contributed by atoms with E-state index in [1.54, 1.807) is 6.92 Å². The molecule has 0 saturated carbocycles. The zero-order valence-electron chi connectivity index (χ0n) is 12.8. The molecule has 7 heteroatoms. The van der Waals surface area contributed by atoms with Crippen LogP contribution in [0.15, 0.2) is 0 Å². The van der Waals surface area contributed by atoms with Crippen LogP contribution in [-0.4, -0.2) is 86.3 Å². The third kappa shape index (κ3) is 3.93. The number of nitrogens with zero attached hydrogens (tertiary/aromatic N) is 2. The van der Waals surface area contributed by atoms with Crippen LogP contribution in [0.3, 0.4) is 0 Å². The van der Waals surface area contributed by atoms with E-state index in [0.29, 0.717) is 46.0 Å². The van der Waals surface area contributed by atoms with E-state index in [4.69, 9.17) is 9.47 Å². The summed E-state index contributed by atoms with van der Waals surface area (Å²) in [5, 5.41) is 3.19. The predicted molar refractivity (Wildman–Crippen MR) is 76.9 cm³/mol. The lowest BCUT2D eigenvalue weighted by molar-refractivity contribution is -0.154. The Kier molecular flexibility index (Phi) is 5.96. The third-order valence-electron chi connectivity index (χ3n) is 4.02. The molecule has 2 rings (SSSR count). The summed E-state index contributed by atoms with van der Waals surface area (Å²) in [6.07, 6.45) is 0. The third-order valence-corrected chi connectivity index (χ3v) is 4.02. The second-order valence-corrected chi connectivity index (χ2v) is 5.32. The van der Waals surface area contributed by atoms with E-state index in [1.165, 1.54) is 0 Å². The summed E-state index contributed by atoms with van der Waals surface area (Å²) in [5.74, 6) is -0.194. The maximum absolute atomic E-state index is 12.6. The smallest absolute Gasteiger partial charge is 0.324 e. The fraction of sp³-hybridized carbons (Fsp3) is 0.857. The molecular weight excluding hydrogens is 274 g/mol. The maximum atomic E-state index is 12.6. The van der Waals surface area contributed by atoms with Gasteiger partial charge in [-0.15, -0.1) is 0 Å². The molecule has 7 nitrogen and oxygen atoms in total. The van der Waals surface area contributed by atoms with Gasteiger partial charge in [-0.2, -0.15) is 0 Å². The van der Waals surface area contributed by atoms with Gasteiger partial charge in [-0.05, 0) is 13.8 Å². The first-order valence-electron chi connectivity index (χ1n) is 7.64. The molecule has 21 heavy (non-hydrogen) atoms. The van der Waals surface area contributed by atoms with E-state index in [9.17, 15) is 9.59 Å². The molecule has 0 spiro atoms. The molecule has 2 saturated heterocycles. The summed E-state index contributed by atoms with van der Waals surface area (Å²) in [6.45, 7) is 8.41. The molecule has 2 unspecified atom stereocenters. The molecule has 2 fully saturated rings. The first kappa shape index (κ1) is 16.2. The average Bonchev–Trinajstić information content (AvgIpc) is 2.54. The summed E-state index contributed by atoms with van der Waals surface area (Å²) in [4.78, 5) is 28.4. The van der Waals surface area contributed by atoms with Crippen LogP contribution in [0, 0.1) is 0 Å². The molecule has 2 atom stereocenters. The largest absolute Gasteiger partial charge is 0.465 e. The van der Waals surface area contributed by atoms with Gasteiger partial charge in [0.05, 0.1) is 25.9 Å². The Hall–Kier alpha value is -1.18. The van der Waals surface area contributed by atoms with Crippen molar-refractivity contribution in [3.8, 4) is 0 Å². The first-order valence-corrected chi connectivity index (χ1v) is 7.64. The fourth-order valence-electron chi connectivity index (χ4n) is 2.83. The van der Waals surface area contributed by atoms with Gasteiger partial charge in [0.15, 0.2) is 0 Å². The molecule has 0 aromatic rings. The lowest BCUT2D eigenvalue weighted by Gasteiger charge is -2.40. The highest BCUT2D eigenvalue weighted by molar-refractivity contribution is 5.83. The Morgan fingerprint density at radius 2 is 2.05 bits per heavy atom. The second-order valence-electron chi connectivity index (χ2n) is 5.32. The van der Waals surface area contributed by atoms with Crippen LogP contribution < -0.4 is 5.32 Å². The molecular formula is C14H25N3O4. The van der Waals surface area contributed by atoms with Gasteiger partial charge in [0.25, 0.3) is 0 Å². The highest BCUT2D eigenvalue weighted by Crippen LogP contribution is 2.13. The number of piperazine rings is 1. The van der Waals surface area contributed by atoms with Crippen molar-refractivity contribution in [3.05, 3.63) is 0 Å². The topological polar surface area (TPSA) is 71.1 Å². The second kappa shape index (κ2) is 7.72. The zero-order valence-corrected chi connectivity index (χ0v) is 12.8. The lowest BCUT2D eigenvalue weighted by atomic mass is 10.1. The van der Waals surface area contributed by atoms with Crippen LogP contribution in [0.5, 0.6) is 0 Å². The van der Waals surface area contributed by atoms with E-state index in [1.807, 2.05) is 16.7 Å². The molecule has 2 aliphatic heterocycles. The molecule has 1 amide bonds. The van der Waals surface area contributed by atoms with Gasteiger partial charge in [0.1, 0.15) is 6.04 Å². The maximum Gasteiger partial charge on any atom is 0.324 e. The van der Waals surface area contributed by atoms with Crippen molar-refractivity contribution in [1.82, 2.24) is 15.1 Å². The van der Waals surface area contributed by atoms with Gasteiger partial charge in [0.2, 0.25) is 5.91 Å². The van der Waals surface area contributed by atoms with E-state index >= 15 is 0 Å². The van der Waals surface area contributed by atoms with Crippen molar-refractivity contribution in [3.63, 3.8) is 0 Å². The Labute approximate surface area is 125 Å². The number of carbonyl (C=O) groups excluding carboxylic acids is 2. The molecule has 0 aliphatic carbocycles. The summed E-state index contributed by atoms with van der Waals surface area (Å²) in [6, 6.07) is -0.710. The van der Waals surface area contributed by atoms with Crippen LogP contribution in [0.4, 0.5) is 0 Å².